The van der Waals surface area contributed by atoms with Crippen molar-refractivity contribution in [2.24, 2.45) is 5.16 Å². The number of hydrogen-bond donors (Lipinski definition) is 1. The molecule has 0 fully saturated rings. The Labute approximate surface area is 98.6 Å². The van der Waals surface area contributed by atoms with Gasteiger partial charge in [0.1, 0.15) is 5.04 Å². The third-order valence-electron chi connectivity index (χ3n) is 2.07. The van der Waals surface area contributed by atoms with Gasteiger partial charge in [-0.25, -0.2) is 0 Å². The van der Waals surface area contributed by atoms with Gasteiger partial charge in [-0.2, -0.15) is 0 Å². The lowest BCUT2D eigenvalue weighted by Gasteiger charge is -2.03. The molecule has 0 aromatic heterocycles. The van der Waals surface area contributed by atoms with Crippen LogP contribution < -0.4 is 0 Å². The molecule has 0 heterocycles. The normalized spacial score (nSPS) is 11.4. The fourth-order valence-corrected chi connectivity index (χ4v) is 2.13. The van der Waals surface area contributed by atoms with Crippen LogP contribution in [0.1, 0.15) is 5.56 Å². The molecule has 0 saturated heterocycles. The Hall–Kier alpha value is -1.74. The molecule has 0 spiro atoms. The van der Waals surface area contributed by atoms with Crippen molar-refractivity contribution >= 4 is 16.8 Å². The Morgan fingerprint density at radius 2 is 1.44 bits per heavy atom. The van der Waals surface area contributed by atoms with E-state index in [-0.39, 0.29) is 0 Å². The minimum atomic E-state index is 0.604. The molecule has 0 aliphatic rings. The molecule has 3 heteroatoms. The van der Waals surface area contributed by atoms with Gasteiger partial charge >= 0.3 is 0 Å². The van der Waals surface area contributed by atoms with Crippen LogP contribution in [0, 0.1) is 0 Å². The van der Waals surface area contributed by atoms with E-state index in [2.05, 4.69) is 5.16 Å². The summed E-state index contributed by atoms with van der Waals surface area (Å²) in [4.78, 5) is 1.05. The van der Waals surface area contributed by atoms with Crippen molar-refractivity contribution in [2.75, 3.05) is 0 Å². The van der Waals surface area contributed by atoms with Gasteiger partial charge in [-0.15, -0.1) is 0 Å². The van der Waals surface area contributed by atoms with Crippen molar-refractivity contribution in [2.45, 2.75) is 4.90 Å². The SMILES string of the molecule is ON=C(Sc1ccccc1)c1ccccc1. The van der Waals surface area contributed by atoms with E-state index in [4.69, 9.17) is 5.21 Å². The van der Waals surface area contributed by atoms with Gasteiger partial charge in [0.25, 0.3) is 0 Å². The molecule has 2 nitrogen and oxygen atoms in total. The highest BCUT2D eigenvalue weighted by molar-refractivity contribution is 8.14. The average molecular weight is 229 g/mol. The van der Waals surface area contributed by atoms with E-state index in [1.54, 1.807) is 0 Å². The van der Waals surface area contributed by atoms with E-state index in [0.29, 0.717) is 5.04 Å². The molecule has 0 unspecified atom stereocenters. The Bertz CT molecular complexity index is 468. The van der Waals surface area contributed by atoms with Crippen LogP contribution in [-0.2, 0) is 0 Å². The molecular formula is C13H11NOS. The fraction of sp³-hybridized carbons (Fsp3) is 0. The van der Waals surface area contributed by atoms with Gasteiger partial charge < -0.3 is 5.21 Å². The molecule has 1 N–H and O–H groups in total. The van der Waals surface area contributed by atoms with Gasteiger partial charge in [-0.1, -0.05) is 65.4 Å². The topological polar surface area (TPSA) is 32.6 Å². The molecule has 2 aromatic rings. The number of benzene rings is 2. The summed E-state index contributed by atoms with van der Waals surface area (Å²) in [7, 11) is 0. The van der Waals surface area contributed by atoms with Crippen molar-refractivity contribution in [3.8, 4) is 0 Å². The second-order valence-corrected chi connectivity index (χ2v) is 4.25. The summed E-state index contributed by atoms with van der Waals surface area (Å²) in [6, 6.07) is 19.5. The summed E-state index contributed by atoms with van der Waals surface area (Å²) >= 11 is 1.44. The molecule has 2 aromatic carbocycles. The third kappa shape index (κ3) is 2.64. The van der Waals surface area contributed by atoms with Gasteiger partial charge in [0.2, 0.25) is 0 Å². The maximum absolute atomic E-state index is 9.01. The van der Waals surface area contributed by atoms with Crippen molar-refractivity contribution in [1.82, 2.24) is 0 Å². The van der Waals surface area contributed by atoms with E-state index < -0.39 is 0 Å². The lowest BCUT2D eigenvalue weighted by Crippen LogP contribution is -1.94. The highest BCUT2D eigenvalue weighted by atomic mass is 32.2. The second kappa shape index (κ2) is 5.37. The lowest BCUT2D eigenvalue weighted by atomic mass is 10.2. The zero-order valence-electron chi connectivity index (χ0n) is 8.58. The minimum Gasteiger partial charge on any atom is -0.410 e. The van der Waals surface area contributed by atoms with Gasteiger partial charge in [0, 0.05) is 10.5 Å². The Morgan fingerprint density at radius 1 is 0.875 bits per heavy atom. The van der Waals surface area contributed by atoms with E-state index in [1.165, 1.54) is 11.8 Å². The van der Waals surface area contributed by atoms with Crippen LogP contribution in [0.15, 0.2) is 70.7 Å². The quantitative estimate of drug-likeness (QED) is 0.280. The number of hydrogen-bond acceptors (Lipinski definition) is 3. The first-order chi connectivity index (χ1) is 7.90. The molecule has 2 rings (SSSR count). The molecule has 0 bridgehead atoms. The molecule has 0 aliphatic heterocycles. The first kappa shape index (κ1) is 10.8. The smallest absolute Gasteiger partial charge is 0.147 e. The zero-order valence-corrected chi connectivity index (χ0v) is 9.39. The third-order valence-corrected chi connectivity index (χ3v) is 3.09. The Kier molecular flexibility index (Phi) is 3.62. The molecule has 0 amide bonds. The van der Waals surface area contributed by atoms with Crippen molar-refractivity contribution in [3.63, 3.8) is 0 Å². The van der Waals surface area contributed by atoms with Crippen LogP contribution in [-0.4, -0.2) is 10.3 Å². The predicted molar refractivity (Wildman–Crippen MR) is 67.1 cm³/mol. The first-order valence-corrected chi connectivity index (χ1v) is 5.72. The highest BCUT2D eigenvalue weighted by Gasteiger charge is 2.05. The summed E-state index contributed by atoms with van der Waals surface area (Å²) in [6.07, 6.45) is 0. The number of rotatable bonds is 2. The molecule has 80 valence electrons. The van der Waals surface area contributed by atoms with Crippen LogP contribution in [0.3, 0.4) is 0 Å². The predicted octanol–water partition coefficient (Wildman–Crippen LogP) is 3.61. The molecule has 0 atom stereocenters. The standard InChI is InChI=1S/C13H11NOS/c15-14-13(11-7-3-1-4-8-11)16-12-9-5-2-6-10-12/h1-10,15H. The maximum atomic E-state index is 9.01. The van der Waals surface area contributed by atoms with Crippen LogP contribution >= 0.6 is 11.8 Å². The number of nitrogens with zero attached hydrogens (tertiary/aromatic N) is 1. The lowest BCUT2D eigenvalue weighted by molar-refractivity contribution is 0.321. The first-order valence-electron chi connectivity index (χ1n) is 4.90. The van der Waals surface area contributed by atoms with Crippen LogP contribution in [0.25, 0.3) is 0 Å². The van der Waals surface area contributed by atoms with Crippen LogP contribution in [0.4, 0.5) is 0 Å². The van der Waals surface area contributed by atoms with Crippen molar-refractivity contribution in [3.05, 3.63) is 66.2 Å². The zero-order chi connectivity index (χ0) is 11.2. The summed E-state index contributed by atoms with van der Waals surface area (Å²) in [5.41, 5.74) is 0.916. The van der Waals surface area contributed by atoms with Crippen molar-refractivity contribution in [1.29, 1.82) is 0 Å². The molecule has 0 radical (unpaired) electrons. The van der Waals surface area contributed by atoms with Gasteiger partial charge in [0.05, 0.1) is 0 Å². The van der Waals surface area contributed by atoms with Crippen LogP contribution in [0.2, 0.25) is 0 Å². The molecule has 0 aliphatic carbocycles. The monoisotopic (exact) mass is 229 g/mol. The highest BCUT2D eigenvalue weighted by Crippen LogP contribution is 2.22. The second-order valence-electron chi connectivity index (χ2n) is 3.19. The maximum Gasteiger partial charge on any atom is 0.147 e. The Morgan fingerprint density at radius 3 is 2.00 bits per heavy atom. The largest absolute Gasteiger partial charge is 0.410 e. The van der Waals surface area contributed by atoms with E-state index in [9.17, 15) is 0 Å². The number of thioether (sulfide) groups is 1. The average Bonchev–Trinajstić information content (AvgIpc) is 2.38. The van der Waals surface area contributed by atoms with E-state index in [0.717, 1.165) is 10.5 Å². The fourth-order valence-electron chi connectivity index (χ4n) is 1.32. The summed E-state index contributed by atoms with van der Waals surface area (Å²) in [5, 5.41) is 12.9. The van der Waals surface area contributed by atoms with E-state index in [1.807, 2.05) is 60.7 Å². The van der Waals surface area contributed by atoms with Crippen LogP contribution in [0.5, 0.6) is 0 Å². The van der Waals surface area contributed by atoms with Gasteiger partial charge in [0.15, 0.2) is 0 Å². The minimum absolute atomic E-state index is 0.604. The number of oxime groups is 1. The summed E-state index contributed by atoms with van der Waals surface area (Å²) < 4.78 is 0. The van der Waals surface area contributed by atoms with Gasteiger partial charge in [-0.3, -0.25) is 0 Å². The molecule has 0 saturated carbocycles. The Balaban J connectivity index is 2.20. The summed E-state index contributed by atoms with van der Waals surface area (Å²) in [6.45, 7) is 0. The van der Waals surface area contributed by atoms with E-state index >= 15 is 0 Å². The molecular weight excluding hydrogens is 218 g/mol. The van der Waals surface area contributed by atoms with Crippen molar-refractivity contribution < 1.29 is 5.21 Å². The summed E-state index contributed by atoms with van der Waals surface area (Å²) in [5.74, 6) is 0. The van der Waals surface area contributed by atoms with Gasteiger partial charge in [-0.05, 0) is 12.1 Å². The molecule has 16 heavy (non-hydrogen) atoms.